The average molecular weight is 353 g/mol. The van der Waals surface area contributed by atoms with Crippen LogP contribution in [0, 0.1) is 0 Å². The molecule has 0 saturated carbocycles. The van der Waals surface area contributed by atoms with E-state index in [2.05, 4.69) is 4.72 Å². The Balaban J connectivity index is 2.08. The molecule has 1 aromatic carbocycles. The van der Waals surface area contributed by atoms with Crippen LogP contribution < -0.4 is 10.5 Å². The van der Waals surface area contributed by atoms with E-state index >= 15 is 0 Å². The minimum absolute atomic E-state index is 0.00126. The van der Waals surface area contributed by atoms with Gasteiger partial charge >= 0.3 is 0 Å². The molecule has 5 nitrogen and oxygen atoms in total. The van der Waals surface area contributed by atoms with Gasteiger partial charge in [-0.1, -0.05) is 23.2 Å². The third kappa shape index (κ3) is 4.09. The smallest absolute Gasteiger partial charge is 0.242 e. The maximum Gasteiger partial charge on any atom is 0.242 e. The summed E-state index contributed by atoms with van der Waals surface area (Å²) in [5.41, 5.74) is 5.98. The first kappa shape index (κ1) is 17.0. The SMILES string of the molecule is NCc1c(Cl)ccc(S(=O)(=O)NCCC2CCCO2)c1Cl. The van der Waals surface area contributed by atoms with E-state index < -0.39 is 10.0 Å². The quantitative estimate of drug-likeness (QED) is 0.822. The third-order valence-electron chi connectivity index (χ3n) is 3.43. The molecule has 0 aromatic heterocycles. The number of benzene rings is 1. The van der Waals surface area contributed by atoms with Crippen molar-refractivity contribution in [2.75, 3.05) is 13.2 Å². The van der Waals surface area contributed by atoms with E-state index in [4.69, 9.17) is 33.7 Å². The van der Waals surface area contributed by atoms with Crippen molar-refractivity contribution in [2.24, 2.45) is 5.73 Å². The normalized spacial score (nSPS) is 19.1. The monoisotopic (exact) mass is 352 g/mol. The highest BCUT2D eigenvalue weighted by molar-refractivity contribution is 7.89. The van der Waals surface area contributed by atoms with Crippen LogP contribution in [0.2, 0.25) is 10.0 Å². The number of ether oxygens (including phenoxy) is 1. The second-order valence-electron chi connectivity index (χ2n) is 4.86. The summed E-state index contributed by atoms with van der Waals surface area (Å²) < 4.78 is 32.6. The summed E-state index contributed by atoms with van der Waals surface area (Å²) in [6, 6.07) is 2.88. The van der Waals surface area contributed by atoms with Gasteiger partial charge in [0.25, 0.3) is 0 Å². The Kier molecular flexibility index (Phi) is 5.88. The van der Waals surface area contributed by atoms with Gasteiger partial charge in [-0.15, -0.1) is 0 Å². The van der Waals surface area contributed by atoms with Gasteiger partial charge in [0.05, 0.1) is 11.1 Å². The van der Waals surface area contributed by atoms with Crippen LogP contribution >= 0.6 is 23.2 Å². The fourth-order valence-corrected chi connectivity index (χ4v) is 4.25. The lowest BCUT2D eigenvalue weighted by Gasteiger charge is -2.13. The molecule has 1 atom stereocenters. The molecule has 3 N–H and O–H groups in total. The fraction of sp³-hybridized carbons (Fsp3) is 0.538. The molecular weight excluding hydrogens is 335 g/mol. The van der Waals surface area contributed by atoms with Crippen LogP contribution in [0.4, 0.5) is 0 Å². The van der Waals surface area contributed by atoms with Crippen LogP contribution in [0.15, 0.2) is 17.0 Å². The zero-order valence-corrected chi connectivity index (χ0v) is 13.8. The van der Waals surface area contributed by atoms with Gasteiger partial charge in [-0.05, 0) is 31.4 Å². The van der Waals surface area contributed by atoms with Gasteiger partial charge < -0.3 is 10.5 Å². The largest absolute Gasteiger partial charge is 0.378 e. The Bertz CT molecular complexity index is 602. The lowest BCUT2D eigenvalue weighted by atomic mass is 10.2. The lowest BCUT2D eigenvalue weighted by Crippen LogP contribution is -2.27. The molecule has 0 bridgehead atoms. The molecule has 0 aliphatic carbocycles. The van der Waals surface area contributed by atoms with Crippen molar-refractivity contribution in [3.63, 3.8) is 0 Å². The van der Waals surface area contributed by atoms with E-state index in [1.54, 1.807) is 0 Å². The number of rotatable bonds is 6. The number of hydrogen-bond donors (Lipinski definition) is 2. The van der Waals surface area contributed by atoms with Gasteiger partial charge in [0, 0.05) is 30.3 Å². The zero-order valence-electron chi connectivity index (χ0n) is 11.4. The van der Waals surface area contributed by atoms with Crippen molar-refractivity contribution >= 4 is 33.2 Å². The van der Waals surface area contributed by atoms with E-state index in [0.29, 0.717) is 23.6 Å². The Morgan fingerprint density at radius 3 is 2.76 bits per heavy atom. The number of nitrogens with two attached hydrogens (primary N) is 1. The molecule has 1 unspecified atom stereocenters. The molecule has 0 spiro atoms. The Hall–Kier alpha value is -0.370. The van der Waals surface area contributed by atoms with Crippen LogP contribution in [-0.4, -0.2) is 27.7 Å². The van der Waals surface area contributed by atoms with Crippen LogP contribution in [0.1, 0.15) is 24.8 Å². The van der Waals surface area contributed by atoms with Crippen molar-refractivity contribution < 1.29 is 13.2 Å². The third-order valence-corrected chi connectivity index (χ3v) is 5.83. The molecular formula is C13H18Cl2N2O3S. The van der Waals surface area contributed by atoms with Crippen molar-refractivity contribution in [3.05, 3.63) is 27.7 Å². The summed E-state index contributed by atoms with van der Waals surface area (Å²) in [6.45, 7) is 1.14. The average Bonchev–Trinajstić information content (AvgIpc) is 2.92. The second-order valence-corrected chi connectivity index (χ2v) is 7.38. The molecule has 118 valence electrons. The predicted octanol–water partition coefficient (Wildman–Crippen LogP) is 2.30. The first-order chi connectivity index (χ1) is 9.95. The van der Waals surface area contributed by atoms with Crippen molar-refractivity contribution in [2.45, 2.75) is 36.8 Å². The maximum absolute atomic E-state index is 12.3. The second kappa shape index (κ2) is 7.26. The van der Waals surface area contributed by atoms with Gasteiger partial charge in [-0.25, -0.2) is 13.1 Å². The van der Waals surface area contributed by atoms with Gasteiger partial charge in [0.2, 0.25) is 10.0 Å². The molecule has 0 amide bonds. The molecule has 1 fully saturated rings. The fourth-order valence-electron chi connectivity index (χ4n) is 2.27. The first-order valence-corrected chi connectivity index (χ1v) is 8.98. The molecule has 1 saturated heterocycles. The molecule has 2 rings (SSSR count). The van der Waals surface area contributed by atoms with Gasteiger partial charge in [0.1, 0.15) is 4.90 Å². The maximum atomic E-state index is 12.3. The molecule has 1 heterocycles. The predicted molar refractivity (Wildman–Crippen MR) is 83.1 cm³/mol. The summed E-state index contributed by atoms with van der Waals surface area (Å²) in [4.78, 5) is 0.00126. The first-order valence-electron chi connectivity index (χ1n) is 6.74. The summed E-state index contributed by atoms with van der Waals surface area (Å²) in [7, 11) is -3.68. The van der Waals surface area contributed by atoms with E-state index in [0.717, 1.165) is 19.4 Å². The number of hydrogen-bond acceptors (Lipinski definition) is 4. The minimum atomic E-state index is -3.68. The van der Waals surface area contributed by atoms with Crippen molar-refractivity contribution in [3.8, 4) is 0 Å². The number of halogens is 2. The molecule has 1 aliphatic rings. The number of nitrogens with one attached hydrogen (secondary N) is 1. The number of sulfonamides is 1. The Morgan fingerprint density at radius 2 is 2.14 bits per heavy atom. The highest BCUT2D eigenvalue weighted by Crippen LogP contribution is 2.30. The van der Waals surface area contributed by atoms with Crippen LogP contribution in [0.3, 0.4) is 0 Å². The minimum Gasteiger partial charge on any atom is -0.378 e. The van der Waals surface area contributed by atoms with Crippen LogP contribution in [0.5, 0.6) is 0 Å². The highest BCUT2D eigenvalue weighted by Gasteiger charge is 2.22. The highest BCUT2D eigenvalue weighted by atomic mass is 35.5. The van der Waals surface area contributed by atoms with E-state index in [1.165, 1.54) is 12.1 Å². The van der Waals surface area contributed by atoms with Gasteiger partial charge in [-0.2, -0.15) is 0 Å². The summed E-state index contributed by atoms with van der Waals surface area (Å²) in [5.74, 6) is 0. The summed E-state index contributed by atoms with van der Waals surface area (Å²) >= 11 is 12.0. The van der Waals surface area contributed by atoms with Crippen LogP contribution in [-0.2, 0) is 21.3 Å². The van der Waals surface area contributed by atoms with Crippen LogP contribution in [0.25, 0.3) is 0 Å². The molecule has 8 heteroatoms. The standard InChI is InChI=1S/C13H18Cl2N2O3S/c14-11-3-4-12(13(15)10(11)8-16)21(18,19)17-6-5-9-2-1-7-20-9/h3-4,9,17H,1-2,5-8,16H2. The zero-order chi connectivity index (χ0) is 15.5. The summed E-state index contributed by atoms with van der Waals surface area (Å²) in [6.07, 6.45) is 2.78. The van der Waals surface area contributed by atoms with E-state index in [1.807, 2.05) is 0 Å². The topological polar surface area (TPSA) is 81.4 Å². The summed E-state index contributed by atoms with van der Waals surface area (Å²) in [5, 5.41) is 0.440. The Labute approximate surface area is 134 Å². The van der Waals surface area contributed by atoms with Gasteiger partial charge in [0.15, 0.2) is 0 Å². The molecule has 1 aliphatic heterocycles. The Morgan fingerprint density at radius 1 is 1.38 bits per heavy atom. The van der Waals surface area contributed by atoms with Crippen molar-refractivity contribution in [1.29, 1.82) is 0 Å². The van der Waals surface area contributed by atoms with E-state index in [-0.39, 0.29) is 22.6 Å². The molecule has 21 heavy (non-hydrogen) atoms. The van der Waals surface area contributed by atoms with Gasteiger partial charge in [-0.3, -0.25) is 0 Å². The molecule has 1 aromatic rings. The van der Waals surface area contributed by atoms with E-state index in [9.17, 15) is 8.42 Å². The van der Waals surface area contributed by atoms with Crippen molar-refractivity contribution in [1.82, 2.24) is 4.72 Å². The lowest BCUT2D eigenvalue weighted by molar-refractivity contribution is 0.105. The molecule has 0 radical (unpaired) electrons.